The van der Waals surface area contributed by atoms with Crippen molar-refractivity contribution in [3.63, 3.8) is 0 Å². The van der Waals surface area contributed by atoms with Crippen molar-refractivity contribution in [2.75, 3.05) is 45.1 Å². The van der Waals surface area contributed by atoms with E-state index >= 15 is 0 Å². The third kappa shape index (κ3) is 51.1. The van der Waals surface area contributed by atoms with Crippen molar-refractivity contribution in [1.82, 2.24) is 116 Å². The average molecular weight is 2130 g/mol. The molecule has 0 saturated carbocycles. The number of amides is 19. The first-order chi connectivity index (χ1) is 70.0. The molecule has 1 aromatic heterocycles. The minimum Gasteiger partial charge on any atom is -0.481 e. The number of carboxylic acids is 3. The van der Waals surface area contributed by atoms with E-state index in [0.717, 1.165) is 0 Å². The van der Waals surface area contributed by atoms with Crippen LogP contribution in [0.4, 0.5) is 0 Å². The van der Waals surface area contributed by atoms with E-state index < -0.39 is 314 Å². The molecule has 2 rings (SSSR count). The number of aliphatic hydroxyl groups excluding tert-OH is 1. The number of aromatic nitrogens is 2. The zero-order valence-corrected chi connectivity index (χ0v) is 88.2. The number of imidazole rings is 1. The molecule has 34 N–H and O–H groups in total. The second-order valence-electron chi connectivity index (χ2n) is 38.7. The number of thiol groups is 1. The van der Waals surface area contributed by atoms with Crippen LogP contribution in [0.2, 0.25) is 0 Å². The summed E-state index contributed by atoms with van der Waals surface area (Å²) in [5.41, 5.74) is 23.7. The molecule has 0 aliphatic rings. The van der Waals surface area contributed by atoms with Crippen LogP contribution in [0.5, 0.6) is 0 Å². The summed E-state index contributed by atoms with van der Waals surface area (Å²) in [6, 6.07) is -18.1. The molecule has 1 aromatic carbocycles. The van der Waals surface area contributed by atoms with Crippen LogP contribution in [0.15, 0.2) is 42.9 Å². The minimum atomic E-state index is -1.82. The largest absolute Gasteiger partial charge is 0.481 e. The first-order valence-corrected chi connectivity index (χ1v) is 50.4. The molecule has 0 fully saturated rings. The number of nitrogens with one attached hydrogen (secondary N) is 22. The number of H-pyrrole nitrogens is 1. The Balaban J connectivity index is 2.41. The number of hydrogen-bond donors (Lipinski definition) is 31. The highest BCUT2D eigenvalue weighted by Crippen LogP contribution is 2.18. The molecule has 836 valence electrons. The fourth-order valence-electron chi connectivity index (χ4n) is 14.7. The molecule has 54 heteroatoms. The Labute approximate surface area is 871 Å². The number of benzene rings is 1. The van der Waals surface area contributed by atoms with Gasteiger partial charge in [0.05, 0.1) is 37.8 Å². The van der Waals surface area contributed by atoms with E-state index in [1.165, 1.54) is 61.0 Å². The van der Waals surface area contributed by atoms with Crippen LogP contribution in [0.25, 0.3) is 0 Å². The fraction of sp³-hybridized carbons (Fsp3) is 0.663. The quantitative estimate of drug-likeness (QED) is 0.0127. The van der Waals surface area contributed by atoms with E-state index in [-0.39, 0.29) is 101 Å². The summed E-state index contributed by atoms with van der Waals surface area (Å²) in [6.45, 7) is 21.2. The highest BCUT2D eigenvalue weighted by Gasteiger charge is 2.41. The van der Waals surface area contributed by atoms with E-state index in [0.29, 0.717) is 31.4 Å². The SMILES string of the molecule is CC(C)C[C@H](NC(=O)[C@H](C)NC(=O)[C@@H](N)CCCCN)C(=O)N[C@@H](CCC(=O)O)C(=O)N[C@@H](CC(C)C)C(=O)N[C@@H](CCCNC(=N)N)C(=O)N[C@@H](Cc1ccccc1)C(=O)N[C@@H](Cc1c[nH]cn1)C(=O)NCC(=O)N[C@@H](C)C(=O)N[C@@H](CCCCN)C(=O)N[C@H](C(=O)N[C@H](C(=O)N[C@@H](CO)C(=O)N[C@@H](CS)C(=O)N[C@@H](CC(C)C)C(=O)N[C@@H](C)C(=O)N[C@@H](CCC(=O)O)C(=O)NCC(=O)N[C@H](C(=O)O)C(C)C)C(C)C)C(C)C. The smallest absolute Gasteiger partial charge is 0.326 e. The predicted molar refractivity (Wildman–Crippen MR) is 546 cm³/mol. The lowest BCUT2D eigenvalue weighted by atomic mass is 9.98. The summed E-state index contributed by atoms with van der Waals surface area (Å²) in [6.07, 6.45) is 1.40. The van der Waals surface area contributed by atoms with E-state index in [4.69, 9.17) is 28.3 Å². The van der Waals surface area contributed by atoms with Crippen molar-refractivity contribution >= 4 is 149 Å². The zero-order valence-electron chi connectivity index (χ0n) is 87.3. The lowest BCUT2D eigenvalue weighted by Crippen LogP contribution is -2.62. The van der Waals surface area contributed by atoms with Gasteiger partial charge in [0.25, 0.3) is 0 Å². The topological polar surface area (TPSA) is 854 Å². The number of carbonyl (C=O) groups excluding carboxylic acids is 19. The van der Waals surface area contributed by atoms with Gasteiger partial charge in [-0.05, 0) is 152 Å². The molecule has 0 aliphatic heterocycles. The number of hydrogen-bond acceptors (Lipinski definition) is 29. The van der Waals surface area contributed by atoms with Gasteiger partial charge in [-0.2, -0.15) is 12.6 Å². The first kappa shape index (κ1) is 131. The Bertz CT molecular complexity index is 4770. The Kier molecular flexibility index (Phi) is 60.5. The molecule has 0 aliphatic carbocycles. The van der Waals surface area contributed by atoms with Gasteiger partial charge in [-0.25, -0.2) is 9.78 Å². The number of guanidine groups is 1. The minimum absolute atomic E-state index is 0.00311. The van der Waals surface area contributed by atoms with E-state index in [1.54, 1.807) is 85.7 Å². The van der Waals surface area contributed by atoms with Crippen LogP contribution in [0.1, 0.15) is 211 Å². The number of aliphatic hydroxyl groups is 1. The van der Waals surface area contributed by atoms with E-state index in [1.807, 2.05) is 0 Å². The van der Waals surface area contributed by atoms with E-state index in [9.17, 15) is 126 Å². The Morgan fingerprint density at radius 1 is 0.362 bits per heavy atom. The maximum absolute atomic E-state index is 14.9. The van der Waals surface area contributed by atoms with Gasteiger partial charge in [0.1, 0.15) is 103 Å². The number of unbranched alkanes of at least 4 members (excludes halogenated alkanes) is 2. The molecule has 1 heterocycles. The number of aromatic amines is 1. The monoisotopic (exact) mass is 2130 g/mol. The van der Waals surface area contributed by atoms with Crippen molar-refractivity contribution in [2.24, 2.45) is 58.4 Å². The van der Waals surface area contributed by atoms with Gasteiger partial charge >= 0.3 is 17.9 Å². The van der Waals surface area contributed by atoms with Crippen molar-refractivity contribution in [1.29, 1.82) is 5.41 Å². The third-order valence-electron chi connectivity index (χ3n) is 23.1. The average Bonchev–Trinajstić information content (AvgIpc) is 1.20. The summed E-state index contributed by atoms with van der Waals surface area (Å²) in [7, 11) is 0. The van der Waals surface area contributed by atoms with Gasteiger partial charge in [-0.15, -0.1) is 0 Å². The van der Waals surface area contributed by atoms with Crippen LogP contribution >= 0.6 is 12.6 Å². The highest BCUT2D eigenvalue weighted by atomic mass is 32.1. The molecular weight excluding hydrogens is 1970 g/mol. The van der Waals surface area contributed by atoms with Crippen LogP contribution < -0.4 is 129 Å². The molecule has 0 bridgehead atoms. The molecule has 0 saturated heterocycles. The lowest BCUT2D eigenvalue weighted by molar-refractivity contribution is -0.143. The summed E-state index contributed by atoms with van der Waals surface area (Å²) < 4.78 is 0. The molecule has 0 unspecified atom stereocenters. The van der Waals surface area contributed by atoms with Gasteiger partial charge in [0.2, 0.25) is 112 Å². The second kappa shape index (κ2) is 68.7. The molecule has 19 amide bonds. The summed E-state index contributed by atoms with van der Waals surface area (Å²) >= 11 is 4.21. The molecule has 0 spiro atoms. The molecule has 18 atom stereocenters. The van der Waals surface area contributed by atoms with Crippen LogP contribution in [-0.4, -0.2) is 320 Å². The van der Waals surface area contributed by atoms with Gasteiger partial charge in [-0.1, -0.05) is 120 Å². The number of carbonyl (C=O) groups is 22. The fourth-order valence-corrected chi connectivity index (χ4v) is 15.0. The molecule has 53 nitrogen and oxygen atoms in total. The van der Waals surface area contributed by atoms with Gasteiger partial charge in [0.15, 0.2) is 5.96 Å². The van der Waals surface area contributed by atoms with Crippen LogP contribution in [-0.2, 0) is 118 Å². The number of carboxylic acid groups (broad SMARTS) is 3. The third-order valence-corrected chi connectivity index (χ3v) is 23.5. The summed E-state index contributed by atoms with van der Waals surface area (Å²) in [4.78, 5) is 308. The normalized spacial score (nSPS) is 14.9. The number of nitrogens with two attached hydrogens (primary N) is 4. The Morgan fingerprint density at radius 2 is 0.705 bits per heavy atom. The Hall–Kier alpha value is -13.8. The zero-order chi connectivity index (χ0) is 113. The lowest BCUT2D eigenvalue weighted by Gasteiger charge is -2.30. The van der Waals surface area contributed by atoms with E-state index in [2.05, 4.69) is 129 Å². The van der Waals surface area contributed by atoms with Crippen LogP contribution in [0, 0.1) is 40.9 Å². The van der Waals surface area contributed by atoms with Crippen molar-refractivity contribution in [2.45, 2.75) is 322 Å². The standard InChI is InChI=1S/C95H159N27O26S/c1-47(2)36-63(86(139)108-55(15)78(131)110-61(29-31-72(126)127)81(134)103-43-71(125)120-76(52(11)12)94(147)148)115-91(144)69(45-149)119-90(143)68(44-123)118-92(145)74(50(7)8)122-93(146)75(51(9)10)121-85(138)59(27-20-22-34-97)109-77(130)53(13)106-70(124)42-104-82(135)67(40-57-41-101-46-105-57)117-89(142)66(39-56-24-17-16-18-25-56)116-83(136)60(28-23-35-102-95(99)100)111-88(141)65(38-49(5)6)114-84(137)62(30-32-73(128)129)112-87(140)64(37-48(3)4)113-79(132)54(14)107-80(133)58(98)26-19-21-33-96/h16-18,24-25,41,46-55,58-69,74-76,123,149H,19-23,26-40,42-45,96-98H2,1-15H3,(H,101,105)(H,103,134)(H,104,135)(H,106,124)(H,107,133)(H,108,139)(H,109,130)(H,110,131)(H,111,141)(H,112,140)(H,113,132)(H,114,137)(H,115,144)(H,116,136)(H,117,142)(H,118,145)(H,119,143)(H,120,125)(H,121,138)(H,122,146)(H,126,127)(H,128,129)(H,147,148)(H4,99,100,102)/t53-,54-,55-,58-,59-,60-,61-,62-,63-,64-,65-,66-,67-,68-,69-,74-,75-,76-/m0/s1. The van der Waals surface area contributed by atoms with Gasteiger partial charge < -0.3 is 155 Å². The maximum Gasteiger partial charge on any atom is 0.326 e. The highest BCUT2D eigenvalue weighted by molar-refractivity contribution is 7.80. The maximum atomic E-state index is 14.9. The van der Waals surface area contributed by atoms with Gasteiger partial charge in [-0.3, -0.25) is 106 Å². The predicted octanol–water partition coefficient (Wildman–Crippen LogP) is -6.58. The molecular formula is C95H159N27O26S. The number of rotatable bonds is 72. The van der Waals surface area contributed by atoms with Crippen molar-refractivity contribution in [3.8, 4) is 0 Å². The second-order valence-corrected chi connectivity index (χ2v) is 39.0. The Morgan fingerprint density at radius 3 is 1.13 bits per heavy atom. The van der Waals surface area contributed by atoms with Gasteiger partial charge in [0, 0.05) is 44.2 Å². The van der Waals surface area contributed by atoms with Crippen molar-refractivity contribution < 1.29 is 126 Å². The summed E-state index contributed by atoms with van der Waals surface area (Å²) in [5, 5.41) is 96.8. The first-order valence-electron chi connectivity index (χ1n) is 49.8. The number of aliphatic carboxylic acids is 3. The van der Waals surface area contributed by atoms with Crippen molar-refractivity contribution in [3.05, 3.63) is 54.1 Å². The van der Waals surface area contributed by atoms with Crippen LogP contribution in [0.3, 0.4) is 0 Å². The molecule has 2 aromatic rings. The molecule has 0 radical (unpaired) electrons. The summed E-state index contributed by atoms with van der Waals surface area (Å²) in [5.74, 6) is -26.0. The number of nitrogens with zero attached hydrogens (tertiary/aromatic N) is 1. The molecule has 149 heavy (non-hydrogen) atoms.